The number of aromatic nitrogens is 2. The fourth-order valence-electron chi connectivity index (χ4n) is 4.54. The van der Waals surface area contributed by atoms with Crippen molar-refractivity contribution < 1.29 is 19.5 Å². The van der Waals surface area contributed by atoms with E-state index in [0.29, 0.717) is 17.8 Å². The molecule has 1 aromatic carbocycles. The molecule has 0 spiro atoms. The van der Waals surface area contributed by atoms with E-state index in [2.05, 4.69) is 32.7 Å². The largest absolute Gasteiger partial charge is 0.369 e. The molecule has 2 fully saturated rings. The Bertz CT molecular complexity index is 1220. The molecule has 5 rings (SSSR count). The Hall–Kier alpha value is -3.64. The number of likely N-dealkylation sites (tertiary alicyclic amines) is 1. The second-order valence-electron chi connectivity index (χ2n) is 9.31. The SMILES string of the molecule is CN1CC[C@@](O)(C#Cc2cccc(NC(=O)c3n[nH]c4c3[C@@H](NC(=O)C3CC3)CCC4)c2)C1=O. The smallest absolute Gasteiger partial charge is 0.276 e. The third kappa shape index (κ3) is 4.29. The number of rotatable bonds is 4. The Morgan fingerprint density at radius 1 is 1.29 bits per heavy atom. The van der Waals surface area contributed by atoms with Gasteiger partial charge in [0.15, 0.2) is 5.69 Å². The number of nitrogens with one attached hydrogen (secondary N) is 3. The van der Waals surface area contributed by atoms with Crippen molar-refractivity contribution in [2.24, 2.45) is 5.92 Å². The Kier molecular flexibility index (Phi) is 5.62. The highest BCUT2D eigenvalue weighted by molar-refractivity contribution is 6.04. The van der Waals surface area contributed by atoms with Gasteiger partial charge in [0, 0.05) is 48.4 Å². The lowest BCUT2D eigenvalue weighted by Gasteiger charge is -2.24. The molecule has 9 nitrogen and oxygen atoms in total. The Morgan fingerprint density at radius 3 is 2.85 bits per heavy atom. The van der Waals surface area contributed by atoms with Gasteiger partial charge in [-0.15, -0.1) is 0 Å². The average Bonchev–Trinajstić information content (AvgIpc) is 3.54. The van der Waals surface area contributed by atoms with Gasteiger partial charge in [-0.3, -0.25) is 19.5 Å². The number of H-pyrrole nitrogens is 1. The Labute approximate surface area is 197 Å². The van der Waals surface area contributed by atoms with Crippen molar-refractivity contribution in [3.05, 3.63) is 46.8 Å². The number of anilines is 1. The standard InChI is InChI=1S/C25H27N5O4/c1-30-13-12-25(34,24(30)33)11-10-15-4-2-5-17(14-15)26-23(32)21-20-18(27-22(31)16-8-9-16)6-3-7-19(20)28-29-21/h2,4-5,14,16,18,34H,3,6-9,12-13H2,1H3,(H,26,32)(H,27,31)(H,28,29)/t18-,25-/m0/s1. The summed E-state index contributed by atoms with van der Waals surface area (Å²) in [6.45, 7) is 0.455. The second kappa shape index (κ2) is 8.61. The van der Waals surface area contributed by atoms with Crippen LogP contribution in [0.5, 0.6) is 0 Å². The van der Waals surface area contributed by atoms with Gasteiger partial charge in [-0.25, -0.2) is 0 Å². The maximum atomic E-state index is 13.1. The molecule has 34 heavy (non-hydrogen) atoms. The van der Waals surface area contributed by atoms with Crippen molar-refractivity contribution in [2.45, 2.75) is 50.2 Å². The monoisotopic (exact) mass is 461 g/mol. The summed E-state index contributed by atoms with van der Waals surface area (Å²) in [5.41, 5.74) is 1.33. The molecular weight excluding hydrogens is 434 g/mol. The van der Waals surface area contributed by atoms with Crippen molar-refractivity contribution >= 4 is 23.4 Å². The van der Waals surface area contributed by atoms with Gasteiger partial charge in [0.2, 0.25) is 11.5 Å². The van der Waals surface area contributed by atoms with Crippen LogP contribution in [-0.2, 0) is 16.0 Å². The van der Waals surface area contributed by atoms with Crippen LogP contribution >= 0.6 is 0 Å². The van der Waals surface area contributed by atoms with E-state index in [-0.39, 0.29) is 35.9 Å². The van der Waals surface area contributed by atoms with Crippen LogP contribution in [-0.4, -0.2) is 57.1 Å². The zero-order valence-corrected chi connectivity index (χ0v) is 19.0. The minimum atomic E-state index is -1.68. The van der Waals surface area contributed by atoms with E-state index in [9.17, 15) is 19.5 Å². The lowest BCUT2D eigenvalue weighted by atomic mass is 9.90. The minimum absolute atomic E-state index is 0.0466. The van der Waals surface area contributed by atoms with Gasteiger partial charge >= 0.3 is 0 Å². The molecule has 1 saturated heterocycles. The van der Waals surface area contributed by atoms with E-state index in [0.717, 1.165) is 43.4 Å². The van der Waals surface area contributed by atoms with Gasteiger partial charge in [0.1, 0.15) is 0 Å². The third-order valence-corrected chi connectivity index (χ3v) is 6.67. The fourth-order valence-corrected chi connectivity index (χ4v) is 4.54. The summed E-state index contributed by atoms with van der Waals surface area (Å²) < 4.78 is 0. The first-order valence-corrected chi connectivity index (χ1v) is 11.6. The lowest BCUT2D eigenvalue weighted by Crippen LogP contribution is -2.37. The average molecular weight is 462 g/mol. The zero-order chi connectivity index (χ0) is 23.9. The van der Waals surface area contributed by atoms with Crippen molar-refractivity contribution in [1.29, 1.82) is 0 Å². The second-order valence-corrected chi connectivity index (χ2v) is 9.31. The summed E-state index contributed by atoms with van der Waals surface area (Å²) in [5, 5.41) is 23.7. The van der Waals surface area contributed by atoms with E-state index in [1.807, 2.05) is 0 Å². The van der Waals surface area contributed by atoms with Gasteiger partial charge in [-0.05, 0) is 50.3 Å². The molecule has 4 N–H and O–H groups in total. The van der Waals surface area contributed by atoms with Crippen LogP contribution in [0, 0.1) is 17.8 Å². The first-order chi connectivity index (χ1) is 16.3. The summed E-state index contributed by atoms with van der Waals surface area (Å²) >= 11 is 0. The van der Waals surface area contributed by atoms with E-state index in [4.69, 9.17) is 0 Å². The summed E-state index contributed by atoms with van der Waals surface area (Å²) in [5.74, 6) is 4.90. The molecule has 2 atom stereocenters. The van der Waals surface area contributed by atoms with Gasteiger partial charge < -0.3 is 20.6 Å². The normalized spacial score (nSPS) is 23.6. The molecule has 1 aliphatic heterocycles. The van der Waals surface area contributed by atoms with E-state index in [1.165, 1.54) is 4.90 Å². The summed E-state index contributed by atoms with van der Waals surface area (Å²) in [7, 11) is 1.63. The van der Waals surface area contributed by atoms with Gasteiger partial charge in [-0.1, -0.05) is 17.9 Å². The Morgan fingerprint density at radius 2 is 2.12 bits per heavy atom. The Balaban J connectivity index is 1.32. The molecule has 0 unspecified atom stereocenters. The quantitative estimate of drug-likeness (QED) is 0.514. The number of aliphatic hydroxyl groups is 1. The molecule has 3 aliphatic rings. The predicted octanol–water partition coefficient (Wildman–Crippen LogP) is 1.51. The molecule has 2 heterocycles. The number of benzene rings is 1. The van der Waals surface area contributed by atoms with Crippen LogP contribution in [0.15, 0.2) is 24.3 Å². The lowest BCUT2D eigenvalue weighted by molar-refractivity contribution is -0.137. The van der Waals surface area contributed by atoms with E-state index < -0.39 is 11.5 Å². The number of aryl methyl sites for hydroxylation is 1. The minimum Gasteiger partial charge on any atom is -0.369 e. The summed E-state index contributed by atoms with van der Waals surface area (Å²) in [6, 6.07) is 6.68. The highest BCUT2D eigenvalue weighted by Gasteiger charge is 2.42. The summed E-state index contributed by atoms with van der Waals surface area (Å²) in [4.78, 5) is 39.0. The van der Waals surface area contributed by atoms with Crippen molar-refractivity contribution in [3.63, 3.8) is 0 Å². The molecule has 9 heteroatoms. The van der Waals surface area contributed by atoms with Crippen molar-refractivity contribution in [3.8, 4) is 11.8 Å². The van der Waals surface area contributed by atoms with Crippen LogP contribution in [0.3, 0.4) is 0 Å². The van der Waals surface area contributed by atoms with Crippen LogP contribution in [0.4, 0.5) is 5.69 Å². The molecule has 2 aliphatic carbocycles. The molecule has 2 aromatic rings. The number of hydrogen-bond acceptors (Lipinski definition) is 5. The van der Waals surface area contributed by atoms with Crippen LogP contribution in [0.2, 0.25) is 0 Å². The fraction of sp³-hybridized carbons (Fsp3) is 0.440. The van der Waals surface area contributed by atoms with E-state index >= 15 is 0 Å². The molecule has 0 radical (unpaired) electrons. The number of aromatic amines is 1. The van der Waals surface area contributed by atoms with E-state index in [1.54, 1.807) is 31.3 Å². The molecular formula is C25H27N5O4. The first-order valence-electron chi connectivity index (χ1n) is 11.6. The summed E-state index contributed by atoms with van der Waals surface area (Å²) in [6.07, 6.45) is 4.57. The number of hydrogen-bond donors (Lipinski definition) is 4. The van der Waals surface area contributed by atoms with Crippen LogP contribution in [0.25, 0.3) is 0 Å². The number of carbonyl (C=O) groups excluding carboxylic acids is 3. The molecule has 176 valence electrons. The first kappa shape index (κ1) is 22.2. The van der Waals surface area contributed by atoms with Crippen LogP contribution < -0.4 is 10.6 Å². The predicted molar refractivity (Wildman–Crippen MR) is 124 cm³/mol. The van der Waals surface area contributed by atoms with Gasteiger partial charge in [-0.2, -0.15) is 5.10 Å². The van der Waals surface area contributed by atoms with Gasteiger partial charge in [0.05, 0.1) is 6.04 Å². The maximum absolute atomic E-state index is 13.1. The molecule has 0 bridgehead atoms. The number of fused-ring (bicyclic) bond motifs is 1. The molecule has 3 amide bonds. The zero-order valence-electron chi connectivity index (χ0n) is 19.0. The highest BCUT2D eigenvalue weighted by Crippen LogP contribution is 2.34. The van der Waals surface area contributed by atoms with Crippen LogP contribution in [0.1, 0.15) is 65.5 Å². The number of likely N-dealkylation sites (N-methyl/N-ethyl adjacent to an activating group) is 1. The van der Waals surface area contributed by atoms with Crippen molar-refractivity contribution in [1.82, 2.24) is 20.4 Å². The van der Waals surface area contributed by atoms with Gasteiger partial charge in [0.25, 0.3) is 11.8 Å². The highest BCUT2D eigenvalue weighted by atomic mass is 16.3. The third-order valence-electron chi connectivity index (χ3n) is 6.67. The number of carbonyl (C=O) groups is 3. The molecule has 1 aromatic heterocycles. The number of nitrogens with zero attached hydrogens (tertiary/aromatic N) is 2. The topological polar surface area (TPSA) is 127 Å². The molecule has 1 saturated carbocycles. The van der Waals surface area contributed by atoms with Crippen molar-refractivity contribution in [2.75, 3.05) is 18.9 Å². The number of amides is 3. The maximum Gasteiger partial charge on any atom is 0.276 e.